The van der Waals surface area contributed by atoms with Crippen LogP contribution in [0.25, 0.3) is 16.8 Å². The molecular weight excluding hydrogens is 358 g/mol. The SMILES string of the molecule is C=CS(=O)N1CCCCC1c1nc(-c2ccc(C)cc2)c2c(N)nccn12. The molecule has 1 saturated heterocycles. The fourth-order valence-electron chi connectivity index (χ4n) is 3.71. The second-order valence-corrected chi connectivity index (χ2v) is 8.17. The van der Waals surface area contributed by atoms with E-state index in [2.05, 4.69) is 42.8 Å². The van der Waals surface area contributed by atoms with Crippen LogP contribution in [-0.4, -0.2) is 29.4 Å². The summed E-state index contributed by atoms with van der Waals surface area (Å²) < 4.78 is 16.5. The van der Waals surface area contributed by atoms with Gasteiger partial charge >= 0.3 is 0 Å². The first-order valence-electron chi connectivity index (χ1n) is 9.09. The van der Waals surface area contributed by atoms with Gasteiger partial charge in [-0.25, -0.2) is 18.5 Å². The highest BCUT2D eigenvalue weighted by Crippen LogP contribution is 2.36. The van der Waals surface area contributed by atoms with E-state index in [9.17, 15) is 4.21 Å². The Hall–Kier alpha value is -2.51. The molecule has 2 unspecified atom stereocenters. The normalized spacial score (nSPS) is 19.2. The molecule has 1 fully saturated rings. The zero-order valence-electron chi connectivity index (χ0n) is 15.3. The molecule has 1 aliphatic rings. The van der Waals surface area contributed by atoms with Crippen molar-refractivity contribution in [2.24, 2.45) is 0 Å². The molecule has 0 amide bonds. The van der Waals surface area contributed by atoms with Crippen LogP contribution in [0.15, 0.2) is 48.6 Å². The standard InChI is InChI=1S/C20H23N5OS/c1-3-27(26)25-12-5-4-6-16(25)20-23-17(15-9-7-14(2)8-10-15)18-19(21)22-11-13-24(18)20/h3,7-11,13,16H,1,4-6,12H2,2H3,(H2,21,22). The highest BCUT2D eigenvalue weighted by atomic mass is 32.2. The Morgan fingerprint density at radius 1 is 1.30 bits per heavy atom. The molecule has 0 radical (unpaired) electrons. The van der Waals surface area contributed by atoms with E-state index in [0.29, 0.717) is 5.82 Å². The van der Waals surface area contributed by atoms with E-state index in [1.807, 2.05) is 14.9 Å². The van der Waals surface area contributed by atoms with Crippen molar-refractivity contribution in [3.8, 4) is 11.3 Å². The van der Waals surface area contributed by atoms with Crippen LogP contribution in [0.4, 0.5) is 5.82 Å². The summed E-state index contributed by atoms with van der Waals surface area (Å²) in [4.78, 5) is 9.24. The molecule has 0 aliphatic carbocycles. The van der Waals surface area contributed by atoms with Crippen LogP contribution >= 0.6 is 0 Å². The zero-order chi connectivity index (χ0) is 19.0. The molecule has 2 N–H and O–H groups in total. The van der Waals surface area contributed by atoms with Crippen LogP contribution in [0, 0.1) is 6.92 Å². The molecule has 6 nitrogen and oxygen atoms in total. The lowest BCUT2D eigenvalue weighted by molar-refractivity contribution is 0.259. The number of anilines is 1. The number of aromatic nitrogens is 3. The van der Waals surface area contributed by atoms with Crippen LogP contribution < -0.4 is 5.73 Å². The Morgan fingerprint density at radius 3 is 2.81 bits per heavy atom. The van der Waals surface area contributed by atoms with Gasteiger partial charge in [0.2, 0.25) is 0 Å². The molecular formula is C20H23N5OS. The molecule has 2 atom stereocenters. The van der Waals surface area contributed by atoms with E-state index < -0.39 is 11.0 Å². The molecule has 4 rings (SSSR count). The average molecular weight is 382 g/mol. The summed E-state index contributed by atoms with van der Waals surface area (Å²) in [6.07, 6.45) is 6.56. The van der Waals surface area contributed by atoms with Crippen molar-refractivity contribution >= 4 is 22.3 Å². The molecule has 0 bridgehead atoms. The number of piperidine rings is 1. The first kappa shape index (κ1) is 17.9. The first-order chi connectivity index (χ1) is 13.1. The number of benzene rings is 1. The van der Waals surface area contributed by atoms with E-state index in [1.54, 1.807) is 6.20 Å². The smallest absolute Gasteiger partial charge is 0.150 e. The van der Waals surface area contributed by atoms with Crippen molar-refractivity contribution in [3.63, 3.8) is 0 Å². The van der Waals surface area contributed by atoms with Gasteiger partial charge in [-0.1, -0.05) is 42.8 Å². The van der Waals surface area contributed by atoms with Crippen molar-refractivity contribution in [2.75, 3.05) is 12.3 Å². The quantitative estimate of drug-likeness (QED) is 0.749. The molecule has 2 aromatic heterocycles. The van der Waals surface area contributed by atoms with Gasteiger partial charge < -0.3 is 5.73 Å². The van der Waals surface area contributed by atoms with E-state index in [-0.39, 0.29) is 6.04 Å². The van der Waals surface area contributed by atoms with E-state index in [0.717, 1.165) is 48.4 Å². The van der Waals surface area contributed by atoms with Gasteiger partial charge in [-0.15, -0.1) is 0 Å². The van der Waals surface area contributed by atoms with E-state index in [4.69, 9.17) is 10.7 Å². The van der Waals surface area contributed by atoms with Crippen molar-refractivity contribution in [1.29, 1.82) is 0 Å². The van der Waals surface area contributed by atoms with Gasteiger partial charge in [0, 0.05) is 29.9 Å². The third kappa shape index (κ3) is 3.17. The molecule has 0 saturated carbocycles. The number of hydrogen-bond acceptors (Lipinski definition) is 4. The van der Waals surface area contributed by atoms with Gasteiger partial charge in [-0.05, 0) is 19.8 Å². The summed E-state index contributed by atoms with van der Waals surface area (Å²) in [6, 6.07) is 8.17. The number of rotatable bonds is 4. The van der Waals surface area contributed by atoms with Gasteiger partial charge in [0.1, 0.15) is 33.8 Å². The Bertz CT molecular complexity index is 1010. The van der Waals surface area contributed by atoms with Gasteiger partial charge in [0.25, 0.3) is 0 Å². The molecule has 27 heavy (non-hydrogen) atoms. The maximum absolute atomic E-state index is 12.5. The number of nitrogens with zero attached hydrogens (tertiary/aromatic N) is 4. The van der Waals surface area contributed by atoms with Gasteiger partial charge in [0.15, 0.2) is 0 Å². The predicted octanol–water partition coefficient (Wildman–Crippen LogP) is 3.62. The summed E-state index contributed by atoms with van der Waals surface area (Å²) in [5.41, 5.74) is 10.0. The third-order valence-electron chi connectivity index (χ3n) is 5.06. The molecule has 3 heterocycles. The van der Waals surface area contributed by atoms with Gasteiger partial charge in [-0.2, -0.15) is 0 Å². The van der Waals surface area contributed by atoms with Gasteiger partial charge in [-0.3, -0.25) is 4.40 Å². The Morgan fingerprint density at radius 2 is 2.07 bits per heavy atom. The van der Waals surface area contributed by atoms with E-state index in [1.165, 1.54) is 11.0 Å². The van der Waals surface area contributed by atoms with Crippen LogP contribution in [0.3, 0.4) is 0 Å². The molecule has 7 heteroatoms. The van der Waals surface area contributed by atoms with Crippen molar-refractivity contribution in [1.82, 2.24) is 18.7 Å². The van der Waals surface area contributed by atoms with Crippen molar-refractivity contribution in [3.05, 3.63) is 60.0 Å². The fraction of sp³-hybridized carbons (Fsp3) is 0.300. The monoisotopic (exact) mass is 381 g/mol. The summed E-state index contributed by atoms with van der Waals surface area (Å²) >= 11 is 0. The highest BCUT2D eigenvalue weighted by Gasteiger charge is 2.31. The van der Waals surface area contributed by atoms with Crippen molar-refractivity contribution in [2.45, 2.75) is 32.2 Å². The number of fused-ring (bicyclic) bond motifs is 1. The minimum Gasteiger partial charge on any atom is -0.382 e. The van der Waals surface area contributed by atoms with Crippen LogP contribution in [-0.2, 0) is 11.0 Å². The van der Waals surface area contributed by atoms with Crippen molar-refractivity contribution < 1.29 is 4.21 Å². The topological polar surface area (TPSA) is 76.5 Å². The maximum Gasteiger partial charge on any atom is 0.150 e. The van der Waals surface area contributed by atoms with E-state index >= 15 is 0 Å². The Kier molecular flexibility index (Phi) is 4.80. The summed E-state index contributed by atoms with van der Waals surface area (Å²) in [6.45, 7) is 6.52. The summed E-state index contributed by atoms with van der Waals surface area (Å²) in [7, 11) is -1.23. The minimum absolute atomic E-state index is 0.0499. The Labute approximate surface area is 161 Å². The fourth-order valence-corrected chi connectivity index (χ4v) is 4.66. The Balaban J connectivity index is 1.91. The minimum atomic E-state index is -1.23. The van der Waals surface area contributed by atoms with Gasteiger partial charge in [0.05, 0.1) is 6.04 Å². The lowest BCUT2D eigenvalue weighted by Gasteiger charge is -2.32. The predicted molar refractivity (Wildman–Crippen MR) is 109 cm³/mol. The number of hydrogen-bond donors (Lipinski definition) is 1. The number of nitrogens with two attached hydrogens (primary N) is 1. The van der Waals surface area contributed by atoms with Crippen LogP contribution in [0.5, 0.6) is 0 Å². The summed E-state index contributed by atoms with van der Waals surface area (Å²) in [5.74, 6) is 1.30. The molecule has 1 aliphatic heterocycles. The molecule has 3 aromatic rings. The number of nitrogen functional groups attached to an aromatic ring is 1. The first-order valence-corrected chi connectivity index (χ1v) is 10.3. The third-order valence-corrected chi connectivity index (χ3v) is 6.25. The second-order valence-electron chi connectivity index (χ2n) is 6.81. The molecule has 140 valence electrons. The average Bonchev–Trinajstić information content (AvgIpc) is 3.09. The van der Waals surface area contributed by atoms with Crippen LogP contribution in [0.1, 0.15) is 36.7 Å². The molecule has 0 spiro atoms. The second kappa shape index (κ2) is 7.25. The number of aryl methyl sites for hydroxylation is 1. The number of imidazole rings is 1. The molecule has 1 aromatic carbocycles. The largest absolute Gasteiger partial charge is 0.382 e. The maximum atomic E-state index is 12.5. The highest BCUT2D eigenvalue weighted by molar-refractivity contribution is 7.85. The lowest BCUT2D eigenvalue weighted by atomic mass is 10.0. The summed E-state index contributed by atoms with van der Waals surface area (Å²) in [5, 5.41) is 1.49. The van der Waals surface area contributed by atoms with Crippen LogP contribution in [0.2, 0.25) is 0 Å². The lowest BCUT2D eigenvalue weighted by Crippen LogP contribution is -2.35. The zero-order valence-corrected chi connectivity index (χ0v) is 16.2.